The van der Waals surface area contributed by atoms with Gasteiger partial charge in [-0.3, -0.25) is 0 Å². The molecule has 148 valence electrons. The second-order valence-corrected chi connectivity index (χ2v) is 8.05. The maximum Gasteiger partial charge on any atom is 0.121 e. The van der Waals surface area contributed by atoms with Crippen LogP contribution in [0, 0.1) is 0 Å². The van der Waals surface area contributed by atoms with Gasteiger partial charge in [0.2, 0.25) is 0 Å². The van der Waals surface area contributed by atoms with Crippen LogP contribution in [-0.4, -0.2) is 51.4 Å². The van der Waals surface area contributed by atoms with Crippen LogP contribution in [0.1, 0.15) is 12.8 Å². The number of likely N-dealkylation sites (tertiary alicyclic amines) is 1. The molecule has 1 aliphatic rings. The van der Waals surface area contributed by atoms with E-state index in [9.17, 15) is 5.11 Å². The minimum absolute atomic E-state index is 0.156. The maximum absolute atomic E-state index is 10.5. The molecule has 1 fully saturated rings. The molecule has 7 heteroatoms. The van der Waals surface area contributed by atoms with E-state index in [1.54, 1.807) is 18.5 Å². The van der Waals surface area contributed by atoms with E-state index in [1.807, 2.05) is 34.9 Å². The van der Waals surface area contributed by atoms with Gasteiger partial charge in [-0.25, -0.2) is 4.98 Å². The van der Waals surface area contributed by atoms with Crippen molar-refractivity contribution in [2.75, 3.05) is 19.6 Å². The second-order valence-electron chi connectivity index (χ2n) is 7.23. The number of ether oxygens (including phenoxy) is 1. The summed E-state index contributed by atoms with van der Waals surface area (Å²) < 4.78 is 8.05. The van der Waals surface area contributed by atoms with E-state index in [-0.39, 0.29) is 6.10 Å². The lowest BCUT2D eigenvalue weighted by Crippen LogP contribution is -2.42. The highest BCUT2D eigenvalue weighted by Crippen LogP contribution is 2.28. The lowest BCUT2D eigenvalue weighted by molar-refractivity contribution is 0.0552. The summed E-state index contributed by atoms with van der Waals surface area (Å²) in [6, 6.07) is 13.3. The lowest BCUT2D eigenvalue weighted by atomic mass is 10.1. The molecule has 1 saturated heterocycles. The fraction of sp³-hybridized carbons (Fsp3) is 0.381. The Morgan fingerprint density at radius 3 is 2.64 bits per heavy atom. The first-order valence-electron chi connectivity index (χ1n) is 9.50. The van der Waals surface area contributed by atoms with Crippen molar-refractivity contribution in [2.24, 2.45) is 0 Å². The fourth-order valence-electron chi connectivity index (χ4n) is 3.69. The number of imidazole rings is 1. The van der Waals surface area contributed by atoms with Gasteiger partial charge in [-0.1, -0.05) is 35.3 Å². The molecule has 5 nitrogen and oxygen atoms in total. The van der Waals surface area contributed by atoms with Crippen LogP contribution in [0.15, 0.2) is 48.8 Å². The van der Waals surface area contributed by atoms with Crippen LogP contribution in [0.4, 0.5) is 0 Å². The Bertz CT molecular complexity index is 938. The number of aromatic nitrogens is 2. The smallest absolute Gasteiger partial charge is 0.121 e. The van der Waals surface area contributed by atoms with Crippen LogP contribution in [0.3, 0.4) is 0 Å². The third kappa shape index (κ3) is 4.61. The molecule has 0 unspecified atom stereocenters. The van der Waals surface area contributed by atoms with Crippen LogP contribution < -0.4 is 4.74 Å². The molecule has 0 bridgehead atoms. The van der Waals surface area contributed by atoms with Crippen LogP contribution in [-0.2, 0) is 6.54 Å². The van der Waals surface area contributed by atoms with Crippen molar-refractivity contribution < 1.29 is 9.84 Å². The zero-order chi connectivity index (χ0) is 19.5. The monoisotopic (exact) mass is 419 g/mol. The van der Waals surface area contributed by atoms with Crippen molar-refractivity contribution in [3.8, 4) is 5.75 Å². The summed E-state index contributed by atoms with van der Waals surface area (Å²) in [6.45, 7) is 2.98. The average Bonchev–Trinajstić information content (AvgIpc) is 3.09. The van der Waals surface area contributed by atoms with Gasteiger partial charge in [0.05, 0.1) is 40.1 Å². The van der Waals surface area contributed by atoms with Gasteiger partial charge in [0.1, 0.15) is 11.9 Å². The molecule has 28 heavy (non-hydrogen) atoms. The minimum Gasteiger partial charge on any atom is -0.490 e. The molecule has 0 radical (unpaired) electrons. The van der Waals surface area contributed by atoms with Crippen molar-refractivity contribution in [2.45, 2.75) is 31.6 Å². The van der Waals surface area contributed by atoms with Crippen molar-refractivity contribution in [3.63, 3.8) is 0 Å². The summed E-state index contributed by atoms with van der Waals surface area (Å²) >= 11 is 12.0. The average molecular weight is 420 g/mol. The quantitative estimate of drug-likeness (QED) is 0.648. The number of hydrogen-bond acceptors (Lipinski definition) is 4. The summed E-state index contributed by atoms with van der Waals surface area (Å²) in [5, 5.41) is 11.6. The Morgan fingerprint density at radius 1 is 1.07 bits per heavy atom. The zero-order valence-electron chi connectivity index (χ0n) is 15.5. The Kier molecular flexibility index (Phi) is 6.07. The second kappa shape index (κ2) is 8.70. The van der Waals surface area contributed by atoms with Crippen molar-refractivity contribution in [3.05, 3.63) is 58.8 Å². The number of aliphatic hydroxyl groups excluding tert-OH is 1. The molecule has 1 atom stereocenters. The number of hydrogen-bond donors (Lipinski definition) is 1. The number of nitrogens with zero attached hydrogens (tertiary/aromatic N) is 3. The van der Waals surface area contributed by atoms with Crippen molar-refractivity contribution >= 4 is 34.2 Å². The Balaban J connectivity index is 1.26. The Morgan fingerprint density at radius 2 is 1.86 bits per heavy atom. The van der Waals surface area contributed by atoms with Crippen LogP contribution in [0.5, 0.6) is 5.75 Å². The molecule has 2 aromatic carbocycles. The lowest BCUT2D eigenvalue weighted by Gasteiger charge is -2.33. The number of β-amino-alcohol motifs (C(OH)–C–C–N with tert-alkyl or cyclic N) is 1. The summed E-state index contributed by atoms with van der Waals surface area (Å²) in [5.74, 6) is 0.750. The number of halogens is 2. The van der Waals surface area contributed by atoms with Gasteiger partial charge in [0, 0.05) is 25.7 Å². The molecule has 2 heterocycles. The number of para-hydroxylation sites is 2. The van der Waals surface area contributed by atoms with Crippen molar-refractivity contribution in [1.82, 2.24) is 14.5 Å². The largest absolute Gasteiger partial charge is 0.490 e. The van der Waals surface area contributed by atoms with E-state index in [0.717, 1.165) is 42.7 Å². The molecule has 4 rings (SSSR count). The van der Waals surface area contributed by atoms with Gasteiger partial charge in [0.15, 0.2) is 0 Å². The maximum atomic E-state index is 10.5. The topological polar surface area (TPSA) is 50.5 Å². The van der Waals surface area contributed by atoms with E-state index in [1.165, 1.54) is 0 Å². The predicted octanol–water partition coefficient (Wildman–Crippen LogP) is 4.25. The summed E-state index contributed by atoms with van der Waals surface area (Å²) in [4.78, 5) is 6.67. The normalized spacial score (nSPS) is 17.1. The summed E-state index contributed by atoms with van der Waals surface area (Å²) in [5.41, 5.74) is 2.00. The van der Waals surface area contributed by atoms with E-state index >= 15 is 0 Å². The van der Waals surface area contributed by atoms with E-state index in [2.05, 4.69) is 9.88 Å². The first-order valence-corrected chi connectivity index (χ1v) is 10.3. The van der Waals surface area contributed by atoms with Gasteiger partial charge >= 0.3 is 0 Å². The molecule has 1 N–H and O–H groups in total. The van der Waals surface area contributed by atoms with Gasteiger partial charge in [-0.15, -0.1) is 0 Å². The molecule has 0 aliphatic carbocycles. The number of aliphatic hydroxyl groups is 1. The van der Waals surface area contributed by atoms with Crippen LogP contribution in [0.25, 0.3) is 11.0 Å². The molecule has 1 aliphatic heterocycles. The standard InChI is InChI=1S/C21H23Cl2N3O2/c22-18-6-5-17(11-19(18)23)28-16-7-9-25(10-8-16)12-15(27)13-26-14-24-20-3-1-2-4-21(20)26/h1-6,11,14-16,27H,7-10,12-13H2/t15-/m1/s1. The van der Waals surface area contributed by atoms with Gasteiger partial charge in [-0.2, -0.15) is 0 Å². The molecular weight excluding hydrogens is 397 g/mol. The zero-order valence-corrected chi connectivity index (χ0v) is 17.0. The molecular formula is C21H23Cl2N3O2. The molecule has 0 saturated carbocycles. The SMILES string of the molecule is O[C@H](CN1CCC(Oc2ccc(Cl)c(Cl)c2)CC1)Cn1cnc2ccccc21. The Hall–Kier alpha value is -1.79. The van der Waals surface area contributed by atoms with E-state index < -0.39 is 6.10 Å². The van der Waals surface area contributed by atoms with Crippen LogP contribution in [0.2, 0.25) is 10.0 Å². The minimum atomic E-state index is -0.440. The predicted molar refractivity (Wildman–Crippen MR) is 112 cm³/mol. The highest BCUT2D eigenvalue weighted by Gasteiger charge is 2.22. The van der Waals surface area contributed by atoms with Gasteiger partial charge in [0.25, 0.3) is 0 Å². The molecule has 1 aromatic heterocycles. The highest BCUT2D eigenvalue weighted by atomic mass is 35.5. The highest BCUT2D eigenvalue weighted by molar-refractivity contribution is 6.42. The van der Waals surface area contributed by atoms with Gasteiger partial charge < -0.3 is 19.3 Å². The van der Waals surface area contributed by atoms with Crippen LogP contribution >= 0.6 is 23.2 Å². The third-order valence-electron chi connectivity index (χ3n) is 5.13. The molecule has 3 aromatic rings. The van der Waals surface area contributed by atoms with E-state index in [4.69, 9.17) is 27.9 Å². The molecule has 0 amide bonds. The number of piperidine rings is 1. The summed E-state index contributed by atoms with van der Waals surface area (Å²) in [7, 11) is 0. The van der Waals surface area contributed by atoms with Gasteiger partial charge in [-0.05, 0) is 37.1 Å². The third-order valence-corrected chi connectivity index (χ3v) is 5.87. The van der Waals surface area contributed by atoms with E-state index in [0.29, 0.717) is 23.1 Å². The molecule has 0 spiro atoms. The number of benzene rings is 2. The summed E-state index contributed by atoms with van der Waals surface area (Å²) in [6.07, 6.45) is 3.35. The Labute approximate surface area is 174 Å². The van der Waals surface area contributed by atoms with Crippen molar-refractivity contribution in [1.29, 1.82) is 0 Å². The number of fused-ring (bicyclic) bond motifs is 1. The first-order chi connectivity index (χ1) is 13.6. The first kappa shape index (κ1) is 19.5. The fourth-order valence-corrected chi connectivity index (χ4v) is 3.98. The number of rotatable bonds is 6.